The summed E-state index contributed by atoms with van der Waals surface area (Å²) in [5, 5.41) is 11.6. The van der Waals surface area contributed by atoms with Gasteiger partial charge in [-0.1, -0.05) is 59.8 Å². The molecule has 4 rings (SSSR count). The molecule has 0 radical (unpaired) electrons. The maximum atomic E-state index is 12.8. The van der Waals surface area contributed by atoms with E-state index in [1.54, 1.807) is 18.2 Å². The standard InChI is InChI=1S/C24H19NO3S/c1-16-6-11-20(12-7-16)29-23-13-8-17(15-22(23)25(27)28)14-19-10-9-18-4-2-3-5-21(18)24(19)26/h2-8,11-15H,9-10H2,1H3/b19-14+. The summed E-state index contributed by atoms with van der Waals surface area (Å²) in [5.41, 5.74) is 4.35. The molecule has 0 amide bonds. The molecular formula is C24H19NO3S. The highest BCUT2D eigenvalue weighted by Gasteiger charge is 2.22. The Morgan fingerprint density at radius 1 is 1.00 bits per heavy atom. The van der Waals surface area contributed by atoms with E-state index in [-0.39, 0.29) is 16.4 Å². The van der Waals surface area contributed by atoms with Crippen molar-refractivity contribution in [1.29, 1.82) is 0 Å². The highest BCUT2D eigenvalue weighted by molar-refractivity contribution is 7.99. The molecule has 0 fully saturated rings. The second-order valence-electron chi connectivity index (χ2n) is 7.06. The van der Waals surface area contributed by atoms with E-state index < -0.39 is 0 Å². The molecule has 4 nitrogen and oxygen atoms in total. The summed E-state index contributed by atoms with van der Waals surface area (Å²) in [5.74, 6) is 0.00705. The number of carbonyl (C=O) groups excluding carboxylic acids is 1. The van der Waals surface area contributed by atoms with Crippen LogP contribution < -0.4 is 0 Å². The molecule has 0 spiro atoms. The second kappa shape index (κ2) is 8.05. The van der Waals surface area contributed by atoms with Gasteiger partial charge in [-0.3, -0.25) is 14.9 Å². The van der Waals surface area contributed by atoms with Crippen molar-refractivity contribution in [2.45, 2.75) is 29.6 Å². The molecule has 0 unspecified atom stereocenters. The molecule has 0 aromatic heterocycles. The van der Waals surface area contributed by atoms with Gasteiger partial charge in [0, 0.05) is 22.1 Å². The number of rotatable bonds is 4. The number of benzene rings is 3. The van der Waals surface area contributed by atoms with Crippen LogP contribution in [0.1, 0.15) is 33.5 Å². The molecule has 0 aliphatic heterocycles. The SMILES string of the molecule is Cc1ccc(Sc2ccc(/C=C3\CCc4ccccc4C3=O)cc2[N+](=O)[O-])cc1. The van der Waals surface area contributed by atoms with E-state index in [1.807, 2.05) is 61.5 Å². The number of hydrogen-bond acceptors (Lipinski definition) is 4. The lowest BCUT2D eigenvalue weighted by molar-refractivity contribution is -0.387. The third-order valence-electron chi connectivity index (χ3n) is 4.99. The van der Waals surface area contributed by atoms with E-state index in [4.69, 9.17) is 0 Å². The molecule has 144 valence electrons. The number of nitrogens with zero attached hydrogens (tertiary/aromatic N) is 1. The summed E-state index contributed by atoms with van der Waals surface area (Å²) >= 11 is 1.37. The highest BCUT2D eigenvalue weighted by atomic mass is 32.2. The Hall–Kier alpha value is -3.18. The van der Waals surface area contributed by atoms with Crippen LogP contribution in [0.25, 0.3) is 6.08 Å². The van der Waals surface area contributed by atoms with Crippen molar-refractivity contribution in [3.63, 3.8) is 0 Å². The number of nitro benzene ring substituents is 1. The third-order valence-corrected chi connectivity index (χ3v) is 6.06. The van der Waals surface area contributed by atoms with E-state index in [0.717, 1.165) is 28.0 Å². The third kappa shape index (κ3) is 4.15. The van der Waals surface area contributed by atoms with E-state index in [2.05, 4.69) is 0 Å². The molecule has 0 saturated carbocycles. The molecule has 3 aromatic carbocycles. The summed E-state index contributed by atoms with van der Waals surface area (Å²) in [6, 6.07) is 20.7. The Balaban J connectivity index is 1.65. The molecular weight excluding hydrogens is 382 g/mol. The fraction of sp³-hybridized carbons (Fsp3) is 0.125. The number of nitro groups is 1. The van der Waals surface area contributed by atoms with Crippen LogP contribution in [0.4, 0.5) is 5.69 Å². The van der Waals surface area contributed by atoms with Gasteiger partial charge in [0.2, 0.25) is 0 Å². The molecule has 5 heteroatoms. The van der Waals surface area contributed by atoms with Crippen molar-refractivity contribution in [2.75, 3.05) is 0 Å². The fourth-order valence-corrected chi connectivity index (χ4v) is 4.34. The van der Waals surface area contributed by atoms with Crippen LogP contribution in [0.15, 0.2) is 82.1 Å². The van der Waals surface area contributed by atoms with Gasteiger partial charge in [0.1, 0.15) is 0 Å². The maximum Gasteiger partial charge on any atom is 0.283 e. The first-order valence-corrected chi connectivity index (χ1v) is 10.2. The summed E-state index contributed by atoms with van der Waals surface area (Å²) in [6.45, 7) is 2.00. The van der Waals surface area contributed by atoms with Crippen LogP contribution in [0.5, 0.6) is 0 Å². The van der Waals surface area contributed by atoms with Crippen molar-refractivity contribution in [1.82, 2.24) is 0 Å². The minimum Gasteiger partial charge on any atom is -0.289 e. The van der Waals surface area contributed by atoms with Gasteiger partial charge < -0.3 is 0 Å². The van der Waals surface area contributed by atoms with E-state index in [1.165, 1.54) is 11.8 Å². The predicted molar refractivity (Wildman–Crippen MR) is 115 cm³/mol. The number of fused-ring (bicyclic) bond motifs is 1. The first-order valence-electron chi connectivity index (χ1n) is 9.37. The van der Waals surface area contributed by atoms with Crippen molar-refractivity contribution >= 4 is 29.3 Å². The van der Waals surface area contributed by atoms with Crippen molar-refractivity contribution in [3.05, 3.63) is 105 Å². The second-order valence-corrected chi connectivity index (χ2v) is 8.17. The number of Topliss-reactive ketones (excluding diaryl/α,β-unsaturated/α-hetero) is 1. The van der Waals surface area contributed by atoms with Crippen LogP contribution in [0.3, 0.4) is 0 Å². The summed E-state index contributed by atoms with van der Waals surface area (Å²) < 4.78 is 0. The zero-order chi connectivity index (χ0) is 20.4. The highest BCUT2D eigenvalue weighted by Crippen LogP contribution is 2.36. The van der Waals surface area contributed by atoms with E-state index in [0.29, 0.717) is 22.5 Å². The normalized spacial score (nSPS) is 14.7. The van der Waals surface area contributed by atoms with Gasteiger partial charge in [0.05, 0.1) is 9.82 Å². The zero-order valence-corrected chi connectivity index (χ0v) is 16.7. The average Bonchev–Trinajstić information content (AvgIpc) is 2.73. The molecule has 0 atom stereocenters. The van der Waals surface area contributed by atoms with Crippen molar-refractivity contribution < 1.29 is 9.72 Å². The topological polar surface area (TPSA) is 60.2 Å². The largest absolute Gasteiger partial charge is 0.289 e. The average molecular weight is 401 g/mol. The van der Waals surface area contributed by atoms with Gasteiger partial charge in [0.25, 0.3) is 5.69 Å². The molecule has 29 heavy (non-hydrogen) atoms. The van der Waals surface area contributed by atoms with Gasteiger partial charge >= 0.3 is 0 Å². The van der Waals surface area contributed by atoms with Crippen molar-refractivity contribution in [2.24, 2.45) is 0 Å². The minimum absolute atomic E-state index is 0.00705. The quantitative estimate of drug-likeness (QED) is 0.294. The molecule has 1 aliphatic rings. The van der Waals surface area contributed by atoms with Crippen LogP contribution in [0, 0.1) is 17.0 Å². The van der Waals surface area contributed by atoms with Crippen LogP contribution in [0.2, 0.25) is 0 Å². The molecule has 3 aromatic rings. The smallest absolute Gasteiger partial charge is 0.283 e. The van der Waals surface area contributed by atoms with Gasteiger partial charge in [-0.15, -0.1) is 0 Å². The predicted octanol–water partition coefficient (Wildman–Crippen LogP) is 6.27. The molecule has 1 aliphatic carbocycles. The number of ketones is 1. The lowest BCUT2D eigenvalue weighted by Crippen LogP contribution is -2.13. The number of allylic oxidation sites excluding steroid dienone is 1. The number of carbonyl (C=O) groups is 1. The number of aryl methyl sites for hydroxylation is 2. The van der Waals surface area contributed by atoms with Crippen LogP contribution >= 0.6 is 11.8 Å². The summed E-state index contributed by atoms with van der Waals surface area (Å²) in [7, 11) is 0. The Kier molecular flexibility index (Phi) is 5.32. The summed E-state index contributed by atoms with van der Waals surface area (Å²) in [6.07, 6.45) is 3.23. The van der Waals surface area contributed by atoms with Gasteiger partial charge in [-0.25, -0.2) is 0 Å². The summed E-state index contributed by atoms with van der Waals surface area (Å²) in [4.78, 5) is 25.6. The Morgan fingerprint density at radius 3 is 2.52 bits per heavy atom. The molecule has 0 bridgehead atoms. The van der Waals surface area contributed by atoms with Crippen LogP contribution in [-0.2, 0) is 6.42 Å². The van der Waals surface area contributed by atoms with Crippen LogP contribution in [-0.4, -0.2) is 10.7 Å². The first kappa shape index (κ1) is 19.2. The van der Waals surface area contributed by atoms with Crippen molar-refractivity contribution in [3.8, 4) is 0 Å². The lowest BCUT2D eigenvalue weighted by atomic mass is 9.86. The first-order chi connectivity index (χ1) is 14.0. The Morgan fingerprint density at radius 2 is 1.76 bits per heavy atom. The van der Waals surface area contributed by atoms with Gasteiger partial charge in [-0.05, 0) is 55.2 Å². The Bertz CT molecular complexity index is 1130. The molecule has 0 heterocycles. The van der Waals surface area contributed by atoms with Gasteiger partial charge in [0.15, 0.2) is 5.78 Å². The minimum atomic E-state index is -0.365. The number of hydrogen-bond donors (Lipinski definition) is 0. The van der Waals surface area contributed by atoms with Gasteiger partial charge in [-0.2, -0.15) is 0 Å². The lowest BCUT2D eigenvalue weighted by Gasteiger charge is -2.17. The van der Waals surface area contributed by atoms with E-state index in [9.17, 15) is 14.9 Å². The Labute approximate surface area is 173 Å². The fourth-order valence-electron chi connectivity index (χ4n) is 3.44. The van der Waals surface area contributed by atoms with E-state index >= 15 is 0 Å². The zero-order valence-electron chi connectivity index (χ0n) is 15.9. The molecule has 0 saturated heterocycles. The monoisotopic (exact) mass is 401 g/mol. The molecule has 0 N–H and O–H groups in total. The maximum absolute atomic E-state index is 12.8.